The van der Waals surface area contributed by atoms with Gasteiger partial charge in [0.1, 0.15) is 16.3 Å². The number of alkyl halides is 3. The van der Waals surface area contributed by atoms with E-state index < -0.39 is 41.6 Å². The molecular weight excluding hydrogens is 568 g/mol. The molecule has 0 aliphatic rings. The van der Waals surface area contributed by atoms with E-state index in [0.717, 1.165) is 23.6 Å². The summed E-state index contributed by atoms with van der Waals surface area (Å²) in [5, 5.41) is 18.1. The van der Waals surface area contributed by atoms with Gasteiger partial charge in [-0.05, 0) is 50.3 Å². The fourth-order valence-corrected chi connectivity index (χ4v) is 4.70. The zero-order chi connectivity index (χ0) is 29.9. The van der Waals surface area contributed by atoms with Crippen molar-refractivity contribution in [3.63, 3.8) is 0 Å². The lowest BCUT2D eigenvalue weighted by Gasteiger charge is -2.23. The van der Waals surface area contributed by atoms with E-state index in [1.807, 2.05) is 0 Å². The topological polar surface area (TPSA) is 132 Å². The minimum absolute atomic E-state index is 0.0129. The number of carbonyl (C=O) groups is 2. The predicted octanol–water partition coefficient (Wildman–Crippen LogP) is 5.43. The normalized spacial score (nSPS) is 13.3. The van der Waals surface area contributed by atoms with E-state index in [2.05, 4.69) is 25.4 Å². The van der Waals surface area contributed by atoms with Crippen LogP contribution in [0.15, 0.2) is 53.8 Å². The molecule has 0 bridgehead atoms. The highest BCUT2D eigenvalue weighted by Crippen LogP contribution is 2.28. The van der Waals surface area contributed by atoms with E-state index in [-0.39, 0.29) is 17.8 Å². The van der Waals surface area contributed by atoms with Gasteiger partial charge in [-0.25, -0.2) is 19.3 Å². The van der Waals surface area contributed by atoms with Crippen LogP contribution in [0.2, 0.25) is 0 Å². The summed E-state index contributed by atoms with van der Waals surface area (Å²) in [4.78, 5) is 34.7. The summed E-state index contributed by atoms with van der Waals surface area (Å²) in [6.07, 6.45) is -4.44. The lowest BCUT2D eigenvalue weighted by Crippen LogP contribution is -2.43. The first-order valence-corrected chi connectivity index (χ1v) is 12.9. The Hall–Kier alpha value is -4.40. The summed E-state index contributed by atoms with van der Waals surface area (Å²) in [7, 11) is 0. The molecule has 2 amide bonds. The number of hydrogen-bond acceptors (Lipinski definition) is 7. The number of benzene rings is 1. The zero-order valence-corrected chi connectivity index (χ0v) is 22.8. The van der Waals surface area contributed by atoms with Crippen LogP contribution in [0.3, 0.4) is 0 Å². The standard InChI is InChI=1S/C26H24F4N6O4S/c1-25(2,3)40-24(39)33-18(8-14-4-7-19(31-11-14)26(28,29)30)13-36-22(34-23(37)38)41-21(35-36)15-5-6-16-12-32-20(27)10-17(16)9-15/h4-7,9-12,18H,8,13H2,1-3H3,(H,33,39)(H,37,38)/t18-/m1/s1. The van der Waals surface area contributed by atoms with E-state index >= 15 is 0 Å². The molecule has 15 heteroatoms. The molecule has 1 aromatic carbocycles. The Morgan fingerprint density at radius 3 is 2.49 bits per heavy atom. The molecule has 4 aromatic rings. The molecule has 0 aliphatic carbocycles. The summed E-state index contributed by atoms with van der Waals surface area (Å²) in [5.74, 6) is -0.667. The number of halogens is 4. The summed E-state index contributed by atoms with van der Waals surface area (Å²) in [5.41, 5.74) is -0.973. The number of rotatable bonds is 6. The molecule has 0 unspecified atom stereocenters. The van der Waals surface area contributed by atoms with Gasteiger partial charge in [0, 0.05) is 29.4 Å². The largest absolute Gasteiger partial charge is 0.463 e. The highest BCUT2D eigenvalue weighted by molar-refractivity contribution is 7.12. The molecule has 1 atom stereocenters. The molecule has 0 saturated heterocycles. The second-order valence-electron chi connectivity index (χ2n) is 9.93. The molecule has 0 saturated carbocycles. The van der Waals surface area contributed by atoms with Gasteiger partial charge in [0.2, 0.25) is 10.7 Å². The Labute approximate surface area is 234 Å². The number of pyridine rings is 2. The number of carboxylic acid groups (broad SMARTS) is 1. The van der Waals surface area contributed by atoms with E-state index in [1.54, 1.807) is 39.0 Å². The minimum Gasteiger partial charge on any atom is -0.463 e. The van der Waals surface area contributed by atoms with Crippen molar-refractivity contribution >= 4 is 34.3 Å². The van der Waals surface area contributed by atoms with Crippen molar-refractivity contribution in [2.45, 2.75) is 51.6 Å². The van der Waals surface area contributed by atoms with Gasteiger partial charge in [-0.15, -0.1) is 4.99 Å². The summed E-state index contributed by atoms with van der Waals surface area (Å²) in [6.45, 7) is 4.88. The number of fused-ring (bicyclic) bond motifs is 1. The van der Waals surface area contributed by atoms with Crippen LogP contribution in [-0.2, 0) is 23.9 Å². The average molecular weight is 593 g/mol. The maximum absolute atomic E-state index is 13.7. The Morgan fingerprint density at radius 1 is 1.10 bits per heavy atom. The van der Waals surface area contributed by atoms with Gasteiger partial charge in [0.15, 0.2) is 0 Å². The maximum Gasteiger partial charge on any atom is 0.433 e. The molecule has 10 nitrogen and oxygen atoms in total. The number of aromatic nitrogens is 4. The number of alkyl carbamates (subject to hydrolysis) is 1. The highest BCUT2D eigenvalue weighted by atomic mass is 32.1. The molecule has 3 aromatic heterocycles. The minimum atomic E-state index is -4.61. The number of carbonyl (C=O) groups excluding carboxylic acids is 1. The van der Waals surface area contributed by atoms with Gasteiger partial charge in [-0.1, -0.05) is 29.5 Å². The maximum atomic E-state index is 13.7. The summed E-state index contributed by atoms with van der Waals surface area (Å²) >= 11 is 0.949. The number of nitrogens with zero attached hydrogens (tertiary/aromatic N) is 5. The number of nitrogens with one attached hydrogen (secondary N) is 1. The van der Waals surface area contributed by atoms with Crippen molar-refractivity contribution in [1.82, 2.24) is 25.1 Å². The predicted molar refractivity (Wildman–Crippen MR) is 140 cm³/mol. The molecule has 0 fully saturated rings. The summed E-state index contributed by atoms with van der Waals surface area (Å²) < 4.78 is 59.2. The van der Waals surface area contributed by atoms with Crippen molar-refractivity contribution in [3.8, 4) is 10.6 Å². The zero-order valence-electron chi connectivity index (χ0n) is 21.9. The third-order valence-corrected chi connectivity index (χ3v) is 6.45. The molecule has 0 radical (unpaired) electrons. The van der Waals surface area contributed by atoms with Crippen LogP contribution < -0.4 is 10.1 Å². The van der Waals surface area contributed by atoms with Crippen molar-refractivity contribution in [3.05, 3.63) is 70.8 Å². The van der Waals surface area contributed by atoms with Crippen molar-refractivity contribution < 1.29 is 37.0 Å². The molecule has 41 heavy (non-hydrogen) atoms. The van der Waals surface area contributed by atoms with Crippen LogP contribution in [0.4, 0.5) is 27.2 Å². The molecule has 0 aliphatic heterocycles. The first-order valence-electron chi connectivity index (χ1n) is 12.1. The fourth-order valence-electron chi connectivity index (χ4n) is 3.80. The van der Waals surface area contributed by atoms with Gasteiger partial charge in [0.25, 0.3) is 0 Å². The van der Waals surface area contributed by atoms with Crippen LogP contribution in [0, 0.1) is 5.95 Å². The van der Waals surface area contributed by atoms with Crippen LogP contribution in [0.25, 0.3) is 21.3 Å². The van der Waals surface area contributed by atoms with Gasteiger partial charge in [-0.2, -0.15) is 22.7 Å². The fraction of sp³-hybridized carbons (Fsp3) is 0.308. The smallest absolute Gasteiger partial charge is 0.433 e. The van der Waals surface area contributed by atoms with Crippen molar-refractivity contribution in [2.75, 3.05) is 0 Å². The van der Waals surface area contributed by atoms with Crippen LogP contribution in [0.5, 0.6) is 0 Å². The monoisotopic (exact) mass is 592 g/mol. The first kappa shape index (κ1) is 29.6. The van der Waals surface area contributed by atoms with E-state index in [1.165, 1.54) is 23.0 Å². The molecule has 216 valence electrons. The Bertz CT molecular complexity index is 1640. The van der Waals surface area contributed by atoms with Crippen LogP contribution >= 0.6 is 11.3 Å². The van der Waals surface area contributed by atoms with Gasteiger partial charge >= 0.3 is 18.4 Å². The third kappa shape index (κ3) is 8.06. The quantitative estimate of drug-likeness (QED) is 0.226. The van der Waals surface area contributed by atoms with E-state index in [4.69, 9.17) is 4.74 Å². The second kappa shape index (κ2) is 11.6. The van der Waals surface area contributed by atoms with E-state index in [9.17, 15) is 32.3 Å². The number of ether oxygens (including phenoxy) is 1. The molecule has 3 heterocycles. The van der Waals surface area contributed by atoms with Crippen molar-refractivity contribution in [1.29, 1.82) is 0 Å². The molecule has 4 rings (SSSR count). The molecule has 0 spiro atoms. The Balaban J connectivity index is 1.69. The van der Waals surface area contributed by atoms with Gasteiger partial charge < -0.3 is 15.2 Å². The van der Waals surface area contributed by atoms with Crippen LogP contribution in [0.1, 0.15) is 32.0 Å². The summed E-state index contributed by atoms with van der Waals surface area (Å²) in [6, 6.07) is 7.59. The third-order valence-electron chi connectivity index (χ3n) is 5.46. The Kier molecular flexibility index (Phi) is 8.37. The Morgan fingerprint density at radius 2 is 1.85 bits per heavy atom. The lowest BCUT2D eigenvalue weighted by atomic mass is 10.1. The average Bonchev–Trinajstić information content (AvgIpc) is 3.23. The first-order chi connectivity index (χ1) is 19.2. The lowest BCUT2D eigenvalue weighted by molar-refractivity contribution is -0.141. The van der Waals surface area contributed by atoms with Gasteiger partial charge in [0.05, 0.1) is 12.6 Å². The number of amides is 2. The molecule has 2 N–H and O–H groups in total. The number of hydrogen-bond donors (Lipinski definition) is 2. The van der Waals surface area contributed by atoms with Gasteiger partial charge in [-0.3, -0.25) is 4.98 Å². The SMILES string of the molecule is CC(C)(C)OC(=O)N[C@H](Cc1ccc(C(F)(F)F)nc1)Cn1nc(-c2ccc3cnc(F)cc3c2)sc1=NC(=O)O. The highest BCUT2D eigenvalue weighted by Gasteiger charge is 2.32. The molecular formula is C26H24F4N6O4S. The second-order valence-corrected chi connectivity index (χ2v) is 10.9. The van der Waals surface area contributed by atoms with Crippen molar-refractivity contribution in [2.24, 2.45) is 4.99 Å². The van der Waals surface area contributed by atoms with Crippen LogP contribution in [-0.4, -0.2) is 48.7 Å². The van der Waals surface area contributed by atoms with E-state index in [0.29, 0.717) is 26.9 Å².